The molecule has 1 aromatic heterocycles. The normalized spacial score (nSPS) is 17.9. The molecule has 25 heavy (non-hydrogen) atoms. The van der Waals surface area contributed by atoms with Crippen molar-refractivity contribution in [3.8, 4) is 5.75 Å². The molecule has 2 aliphatic rings. The van der Waals surface area contributed by atoms with Gasteiger partial charge < -0.3 is 19.9 Å². The number of carbonyl (C=O) groups excluding carboxylic acids is 1. The maximum absolute atomic E-state index is 11.8. The summed E-state index contributed by atoms with van der Waals surface area (Å²) >= 11 is 0. The molecule has 1 saturated carbocycles. The lowest BCUT2D eigenvalue weighted by Gasteiger charge is -2.28. The molecule has 2 heterocycles. The standard InChI is InChI=1S/C11H20N2O.C9H9NO/c14-11(12-10-6-2-3-7-10)13-8-4-1-5-9-13;1-11-8-2-3-9-7(6-8)4-5-10-9/h10H,1-9H2,(H,12,14);2-6,10H,1H3. The van der Waals surface area contributed by atoms with Gasteiger partial charge in [0.2, 0.25) is 0 Å². The van der Waals surface area contributed by atoms with Crippen LogP contribution in [0, 0.1) is 0 Å². The van der Waals surface area contributed by atoms with E-state index in [1.165, 1.54) is 50.3 Å². The molecule has 2 amide bonds. The van der Waals surface area contributed by atoms with Crippen molar-refractivity contribution in [3.05, 3.63) is 30.5 Å². The molecule has 0 unspecified atom stereocenters. The number of rotatable bonds is 2. The van der Waals surface area contributed by atoms with E-state index in [-0.39, 0.29) is 6.03 Å². The molecule has 2 fully saturated rings. The molecule has 1 aliphatic carbocycles. The number of methoxy groups -OCH3 is 1. The van der Waals surface area contributed by atoms with E-state index < -0.39 is 0 Å². The summed E-state index contributed by atoms with van der Waals surface area (Å²) in [5.41, 5.74) is 1.14. The molecule has 1 saturated heterocycles. The van der Waals surface area contributed by atoms with Gasteiger partial charge in [0, 0.05) is 36.2 Å². The zero-order valence-corrected chi connectivity index (χ0v) is 15.1. The number of amides is 2. The number of H-pyrrole nitrogens is 1. The van der Waals surface area contributed by atoms with Gasteiger partial charge in [-0.3, -0.25) is 0 Å². The summed E-state index contributed by atoms with van der Waals surface area (Å²) in [6.45, 7) is 1.91. The highest BCUT2D eigenvalue weighted by molar-refractivity contribution is 5.80. The topological polar surface area (TPSA) is 57.4 Å². The molecule has 4 rings (SSSR count). The second-order valence-corrected chi connectivity index (χ2v) is 6.91. The van der Waals surface area contributed by atoms with Gasteiger partial charge in [0.05, 0.1) is 7.11 Å². The highest BCUT2D eigenvalue weighted by Gasteiger charge is 2.21. The van der Waals surface area contributed by atoms with E-state index in [0.29, 0.717) is 6.04 Å². The zero-order chi connectivity index (χ0) is 17.5. The number of hydrogen-bond donors (Lipinski definition) is 2. The Bertz CT molecular complexity index is 670. The van der Waals surface area contributed by atoms with Crippen molar-refractivity contribution >= 4 is 16.9 Å². The Balaban J connectivity index is 0.000000150. The lowest BCUT2D eigenvalue weighted by molar-refractivity contribution is 0.182. The molecule has 0 bridgehead atoms. The summed E-state index contributed by atoms with van der Waals surface area (Å²) in [5.74, 6) is 0.900. The Morgan fingerprint density at radius 2 is 1.88 bits per heavy atom. The third kappa shape index (κ3) is 4.91. The van der Waals surface area contributed by atoms with Gasteiger partial charge in [0.15, 0.2) is 0 Å². The Labute approximate surface area is 149 Å². The molecular formula is C20H29N3O2. The number of likely N-dealkylation sites (tertiary alicyclic amines) is 1. The molecule has 1 aliphatic heterocycles. The minimum absolute atomic E-state index is 0.177. The summed E-state index contributed by atoms with van der Waals surface area (Å²) in [6.07, 6.45) is 10.5. The molecule has 0 spiro atoms. The molecule has 5 heteroatoms. The summed E-state index contributed by atoms with van der Waals surface area (Å²) in [6, 6.07) is 8.62. The lowest BCUT2D eigenvalue weighted by atomic mass is 10.1. The first kappa shape index (κ1) is 17.6. The number of urea groups is 1. The monoisotopic (exact) mass is 343 g/mol. The summed E-state index contributed by atoms with van der Waals surface area (Å²) in [7, 11) is 1.67. The Kier molecular flexibility index (Phi) is 6.20. The first-order valence-corrected chi connectivity index (χ1v) is 9.43. The second kappa shape index (κ2) is 8.79. The van der Waals surface area contributed by atoms with Crippen LogP contribution in [0.4, 0.5) is 4.79 Å². The fourth-order valence-corrected chi connectivity index (χ4v) is 3.59. The highest BCUT2D eigenvalue weighted by atomic mass is 16.5. The number of aromatic nitrogens is 1. The number of aromatic amines is 1. The Morgan fingerprint density at radius 3 is 2.60 bits per heavy atom. The molecule has 136 valence electrons. The van der Waals surface area contributed by atoms with Crippen molar-refractivity contribution in [1.29, 1.82) is 0 Å². The van der Waals surface area contributed by atoms with Crippen LogP contribution in [0.3, 0.4) is 0 Å². The van der Waals surface area contributed by atoms with E-state index in [1.54, 1.807) is 7.11 Å². The Morgan fingerprint density at radius 1 is 1.12 bits per heavy atom. The predicted molar refractivity (Wildman–Crippen MR) is 101 cm³/mol. The minimum Gasteiger partial charge on any atom is -0.497 e. The van der Waals surface area contributed by atoms with Gasteiger partial charge in [0.1, 0.15) is 5.75 Å². The average molecular weight is 343 g/mol. The molecule has 0 atom stereocenters. The number of carbonyl (C=O) groups is 1. The van der Waals surface area contributed by atoms with E-state index >= 15 is 0 Å². The van der Waals surface area contributed by atoms with E-state index in [4.69, 9.17) is 4.74 Å². The molecule has 0 radical (unpaired) electrons. The largest absolute Gasteiger partial charge is 0.497 e. The van der Waals surface area contributed by atoms with Crippen molar-refractivity contribution in [1.82, 2.24) is 15.2 Å². The van der Waals surface area contributed by atoms with Gasteiger partial charge in [-0.25, -0.2) is 4.79 Å². The van der Waals surface area contributed by atoms with Gasteiger partial charge in [-0.1, -0.05) is 12.8 Å². The van der Waals surface area contributed by atoms with Gasteiger partial charge >= 0.3 is 6.03 Å². The number of piperidine rings is 1. The van der Waals surface area contributed by atoms with Gasteiger partial charge in [-0.2, -0.15) is 0 Å². The zero-order valence-electron chi connectivity index (χ0n) is 15.1. The van der Waals surface area contributed by atoms with Crippen molar-refractivity contribution in [2.24, 2.45) is 0 Å². The molecule has 2 N–H and O–H groups in total. The summed E-state index contributed by atoms with van der Waals surface area (Å²) in [4.78, 5) is 16.9. The fraction of sp³-hybridized carbons (Fsp3) is 0.550. The average Bonchev–Trinajstić information content (AvgIpc) is 3.33. The molecule has 1 aromatic carbocycles. The third-order valence-corrected chi connectivity index (χ3v) is 5.09. The van der Waals surface area contributed by atoms with Gasteiger partial charge in [0.25, 0.3) is 0 Å². The number of nitrogens with one attached hydrogen (secondary N) is 2. The minimum atomic E-state index is 0.177. The lowest BCUT2D eigenvalue weighted by Crippen LogP contribution is -2.46. The number of fused-ring (bicyclic) bond motifs is 1. The maximum Gasteiger partial charge on any atom is 0.317 e. The second-order valence-electron chi connectivity index (χ2n) is 6.91. The van der Waals surface area contributed by atoms with Crippen LogP contribution in [-0.4, -0.2) is 42.2 Å². The number of nitrogens with zero attached hydrogens (tertiary/aromatic N) is 1. The summed E-state index contributed by atoms with van der Waals surface area (Å²) < 4.78 is 5.08. The van der Waals surface area contributed by atoms with Crippen molar-refractivity contribution in [3.63, 3.8) is 0 Å². The Hall–Kier alpha value is -2.17. The fourth-order valence-electron chi connectivity index (χ4n) is 3.59. The van der Waals surface area contributed by atoms with Crippen LogP contribution in [0.25, 0.3) is 10.9 Å². The predicted octanol–water partition coefficient (Wildman–Crippen LogP) is 4.30. The molecule has 5 nitrogen and oxygen atoms in total. The van der Waals surface area contributed by atoms with Crippen LogP contribution in [0.15, 0.2) is 30.5 Å². The van der Waals surface area contributed by atoms with E-state index in [9.17, 15) is 4.79 Å². The number of ether oxygens (including phenoxy) is 1. The van der Waals surface area contributed by atoms with Crippen LogP contribution >= 0.6 is 0 Å². The van der Waals surface area contributed by atoms with Crippen LogP contribution in [0.1, 0.15) is 44.9 Å². The number of benzene rings is 1. The quantitative estimate of drug-likeness (QED) is 0.854. The van der Waals surface area contributed by atoms with E-state index in [2.05, 4.69) is 10.3 Å². The first-order valence-electron chi connectivity index (χ1n) is 9.43. The van der Waals surface area contributed by atoms with E-state index in [0.717, 1.165) is 24.4 Å². The number of hydrogen-bond acceptors (Lipinski definition) is 2. The van der Waals surface area contributed by atoms with Crippen molar-refractivity contribution in [2.45, 2.75) is 51.0 Å². The highest BCUT2D eigenvalue weighted by Crippen LogP contribution is 2.19. The summed E-state index contributed by atoms with van der Waals surface area (Å²) in [5, 5.41) is 4.32. The van der Waals surface area contributed by atoms with Crippen LogP contribution in [0.2, 0.25) is 0 Å². The maximum atomic E-state index is 11.8. The smallest absolute Gasteiger partial charge is 0.317 e. The molecular weight excluding hydrogens is 314 g/mol. The molecule has 2 aromatic rings. The van der Waals surface area contributed by atoms with Crippen LogP contribution < -0.4 is 10.1 Å². The van der Waals surface area contributed by atoms with Gasteiger partial charge in [-0.05, 0) is 56.4 Å². The van der Waals surface area contributed by atoms with Crippen LogP contribution in [0.5, 0.6) is 5.75 Å². The van der Waals surface area contributed by atoms with Crippen LogP contribution in [-0.2, 0) is 0 Å². The third-order valence-electron chi connectivity index (χ3n) is 5.09. The first-order chi connectivity index (χ1) is 12.3. The van der Waals surface area contributed by atoms with Crippen molar-refractivity contribution < 1.29 is 9.53 Å². The van der Waals surface area contributed by atoms with Crippen molar-refractivity contribution in [2.75, 3.05) is 20.2 Å². The van der Waals surface area contributed by atoms with E-state index in [1.807, 2.05) is 35.4 Å². The SMILES string of the molecule is COc1ccc2[nH]ccc2c1.O=C(NC1CCCC1)N1CCCCC1. The van der Waals surface area contributed by atoms with Gasteiger partial charge in [-0.15, -0.1) is 0 Å².